The van der Waals surface area contributed by atoms with E-state index in [2.05, 4.69) is 17.2 Å². The quantitative estimate of drug-likeness (QED) is 0.606. The highest BCUT2D eigenvalue weighted by molar-refractivity contribution is 7.12. The van der Waals surface area contributed by atoms with Crippen LogP contribution in [0.25, 0.3) is 0 Å². The Balaban J connectivity index is 1.62. The van der Waals surface area contributed by atoms with E-state index >= 15 is 0 Å². The molecule has 0 bridgehead atoms. The number of amides is 1. The van der Waals surface area contributed by atoms with Crippen LogP contribution in [0.4, 0.5) is 0 Å². The number of ether oxygens (including phenoxy) is 1. The van der Waals surface area contributed by atoms with Crippen LogP contribution in [-0.4, -0.2) is 27.6 Å². The van der Waals surface area contributed by atoms with E-state index in [1.54, 1.807) is 11.1 Å². The fourth-order valence-corrected chi connectivity index (χ4v) is 3.76. The largest absolute Gasteiger partial charge is 0.489 e. The van der Waals surface area contributed by atoms with Crippen molar-refractivity contribution in [1.82, 2.24) is 14.7 Å². The van der Waals surface area contributed by atoms with Crippen molar-refractivity contribution in [2.24, 2.45) is 0 Å². The lowest BCUT2D eigenvalue weighted by Gasteiger charge is -2.16. The summed E-state index contributed by atoms with van der Waals surface area (Å²) in [6.45, 7) is 7.92. The summed E-state index contributed by atoms with van der Waals surface area (Å²) in [7, 11) is 1.82. The molecule has 0 fully saturated rings. The zero-order chi connectivity index (χ0) is 19.4. The van der Waals surface area contributed by atoms with Gasteiger partial charge in [0.1, 0.15) is 12.4 Å². The minimum absolute atomic E-state index is 0.0156. The smallest absolute Gasteiger partial charge is 0.264 e. The van der Waals surface area contributed by atoms with E-state index in [0.29, 0.717) is 13.2 Å². The molecule has 1 amide bonds. The molecule has 6 heteroatoms. The van der Waals surface area contributed by atoms with Crippen molar-refractivity contribution in [1.29, 1.82) is 0 Å². The number of rotatable bonds is 7. The Kier molecular flexibility index (Phi) is 5.96. The minimum atomic E-state index is 0.0156. The van der Waals surface area contributed by atoms with Crippen LogP contribution in [0.2, 0.25) is 0 Å². The molecule has 3 aromatic rings. The van der Waals surface area contributed by atoms with E-state index in [4.69, 9.17) is 4.74 Å². The molecule has 0 aliphatic carbocycles. The van der Waals surface area contributed by atoms with Crippen LogP contribution < -0.4 is 4.74 Å². The van der Waals surface area contributed by atoms with Gasteiger partial charge in [-0.2, -0.15) is 5.10 Å². The molecule has 3 rings (SSSR count). The number of thiophene rings is 1. The monoisotopic (exact) mass is 383 g/mol. The van der Waals surface area contributed by atoms with Gasteiger partial charge in [-0.3, -0.25) is 9.48 Å². The lowest BCUT2D eigenvalue weighted by molar-refractivity contribution is 0.0786. The molecule has 2 aromatic heterocycles. The highest BCUT2D eigenvalue weighted by atomic mass is 32.1. The summed E-state index contributed by atoms with van der Waals surface area (Å²) in [5.41, 5.74) is 4.32. The van der Waals surface area contributed by atoms with Gasteiger partial charge in [0.05, 0.1) is 17.1 Å². The van der Waals surface area contributed by atoms with Crippen molar-refractivity contribution in [2.45, 2.75) is 40.5 Å². The molecule has 142 valence electrons. The van der Waals surface area contributed by atoms with Crippen LogP contribution in [0.5, 0.6) is 5.75 Å². The maximum Gasteiger partial charge on any atom is 0.264 e. The van der Waals surface area contributed by atoms with Gasteiger partial charge in [0.2, 0.25) is 0 Å². The first-order chi connectivity index (χ1) is 13.0. The van der Waals surface area contributed by atoms with Gasteiger partial charge in [0, 0.05) is 25.4 Å². The van der Waals surface area contributed by atoms with Crippen molar-refractivity contribution in [2.75, 3.05) is 7.05 Å². The Labute approximate surface area is 164 Å². The van der Waals surface area contributed by atoms with Gasteiger partial charge in [-0.1, -0.05) is 12.1 Å². The van der Waals surface area contributed by atoms with Crippen molar-refractivity contribution >= 4 is 17.2 Å². The molecular formula is C21H25N3O2S. The summed E-state index contributed by atoms with van der Waals surface area (Å²) >= 11 is 1.46. The van der Waals surface area contributed by atoms with E-state index in [-0.39, 0.29) is 5.91 Å². The number of carbonyl (C=O) groups excluding carboxylic acids is 1. The highest BCUT2D eigenvalue weighted by Crippen LogP contribution is 2.23. The van der Waals surface area contributed by atoms with Gasteiger partial charge in [-0.15, -0.1) is 11.3 Å². The van der Waals surface area contributed by atoms with E-state index < -0.39 is 0 Å². The van der Waals surface area contributed by atoms with Crippen molar-refractivity contribution in [3.8, 4) is 5.75 Å². The molecular weight excluding hydrogens is 358 g/mol. The van der Waals surface area contributed by atoms with Gasteiger partial charge in [-0.25, -0.2) is 0 Å². The zero-order valence-corrected chi connectivity index (χ0v) is 17.0. The number of nitrogens with zero attached hydrogens (tertiary/aromatic N) is 3. The molecule has 0 saturated heterocycles. The second-order valence-electron chi connectivity index (χ2n) is 6.68. The van der Waals surface area contributed by atoms with Gasteiger partial charge in [0.15, 0.2) is 0 Å². The molecule has 27 heavy (non-hydrogen) atoms. The average Bonchev–Trinajstić information content (AvgIpc) is 3.31. The average molecular weight is 384 g/mol. The molecule has 0 radical (unpaired) electrons. The predicted octanol–water partition coefficient (Wildman–Crippen LogP) is 4.43. The Morgan fingerprint density at radius 1 is 1.26 bits per heavy atom. The van der Waals surface area contributed by atoms with Crippen molar-refractivity contribution in [3.63, 3.8) is 0 Å². The van der Waals surface area contributed by atoms with Gasteiger partial charge in [0.25, 0.3) is 5.91 Å². The number of aromatic nitrogens is 2. The van der Waals surface area contributed by atoms with E-state index in [1.807, 2.05) is 56.1 Å². The standard InChI is InChI=1S/C21H25N3O2S/c1-5-24-18(8-9-22-24)12-23(4)21(25)20-11-17(14-27-20)13-26-19-10-15(2)6-7-16(19)3/h6-11,14H,5,12-13H2,1-4H3. The maximum absolute atomic E-state index is 12.7. The molecule has 0 atom stereocenters. The molecule has 0 saturated carbocycles. The van der Waals surface area contributed by atoms with Crippen LogP contribution in [0.3, 0.4) is 0 Å². The Morgan fingerprint density at radius 2 is 2.07 bits per heavy atom. The first-order valence-electron chi connectivity index (χ1n) is 9.01. The second kappa shape index (κ2) is 8.39. The van der Waals surface area contributed by atoms with Gasteiger partial charge >= 0.3 is 0 Å². The number of carbonyl (C=O) groups is 1. The first kappa shape index (κ1) is 19.2. The molecule has 0 spiro atoms. The third kappa shape index (κ3) is 4.57. The highest BCUT2D eigenvalue weighted by Gasteiger charge is 2.16. The lowest BCUT2D eigenvalue weighted by atomic mass is 10.1. The van der Waals surface area contributed by atoms with Crippen LogP contribution >= 0.6 is 11.3 Å². The van der Waals surface area contributed by atoms with Crippen LogP contribution in [0, 0.1) is 13.8 Å². The fraction of sp³-hybridized carbons (Fsp3) is 0.333. The van der Waals surface area contributed by atoms with Gasteiger partial charge < -0.3 is 9.64 Å². The van der Waals surface area contributed by atoms with Crippen LogP contribution in [0.1, 0.15) is 39.0 Å². The zero-order valence-electron chi connectivity index (χ0n) is 16.2. The Morgan fingerprint density at radius 3 is 2.85 bits per heavy atom. The summed E-state index contributed by atoms with van der Waals surface area (Å²) in [6, 6.07) is 10.0. The van der Waals surface area contributed by atoms with E-state index in [9.17, 15) is 4.79 Å². The minimum Gasteiger partial charge on any atom is -0.489 e. The van der Waals surface area contributed by atoms with Gasteiger partial charge in [-0.05, 0) is 55.5 Å². The van der Waals surface area contributed by atoms with Crippen molar-refractivity contribution in [3.05, 3.63) is 69.2 Å². The van der Waals surface area contributed by atoms with Crippen molar-refractivity contribution < 1.29 is 9.53 Å². The summed E-state index contributed by atoms with van der Waals surface area (Å²) in [5.74, 6) is 0.904. The number of hydrogen-bond donors (Lipinski definition) is 0. The topological polar surface area (TPSA) is 47.4 Å². The molecule has 1 aromatic carbocycles. The Bertz CT molecular complexity index is 929. The third-order valence-electron chi connectivity index (χ3n) is 4.45. The number of aryl methyl sites for hydroxylation is 3. The van der Waals surface area contributed by atoms with E-state index in [1.165, 1.54) is 16.9 Å². The summed E-state index contributed by atoms with van der Waals surface area (Å²) in [4.78, 5) is 15.2. The molecule has 5 nitrogen and oxygen atoms in total. The number of hydrogen-bond acceptors (Lipinski definition) is 4. The normalized spacial score (nSPS) is 10.8. The first-order valence-corrected chi connectivity index (χ1v) is 9.89. The predicted molar refractivity (Wildman–Crippen MR) is 108 cm³/mol. The van der Waals surface area contributed by atoms with E-state index in [0.717, 1.165) is 34.0 Å². The number of benzene rings is 1. The SMILES string of the molecule is CCn1nccc1CN(C)C(=O)c1cc(COc2cc(C)ccc2C)cs1. The summed E-state index contributed by atoms with van der Waals surface area (Å²) in [5, 5.41) is 6.24. The molecule has 0 N–H and O–H groups in total. The van der Waals surface area contributed by atoms with Crippen LogP contribution in [-0.2, 0) is 19.7 Å². The lowest BCUT2D eigenvalue weighted by Crippen LogP contribution is -2.26. The molecule has 0 unspecified atom stereocenters. The molecule has 2 heterocycles. The molecule has 0 aliphatic heterocycles. The summed E-state index contributed by atoms with van der Waals surface area (Å²) in [6.07, 6.45) is 1.77. The fourth-order valence-electron chi connectivity index (χ4n) is 2.87. The summed E-state index contributed by atoms with van der Waals surface area (Å²) < 4.78 is 7.85. The Hall–Kier alpha value is -2.60. The second-order valence-corrected chi connectivity index (χ2v) is 7.59. The molecule has 0 aliphatic rings. The van der Waals surface area contributed by atoms with Crippen LogP contribution in [0.15, 0.2) is 41.9 Å². The third-order valence-corrected chi connectivity index (χ3v) is 5.42. The maximum atomic E-state index is 12.7.